The predicted molar refractivity (Wildman–Crippen MR) is 91.3 cm³/mol. The minimum Gasteiger partial charge on any atom is -0.495 e. The van der Waals surface area contributed by atoms with Crippen LogP contribution in [0, 0.1) is 0 Å². The molecule has 3 N–H and O–H groups in total. The lowest BCUT2D eigenvalue weighted by Gasteiger charge is -2.27. The molecular formula is C16H17ClN2O4S. The SMILES string of the molecule is COc1ccc(S(=O)(=O)NC(C)(C(N)=O)c2ccccc2)cc1Cl. The van der Waals surface area contributed by atoms with E-state index in [0.717, 1.165) is 0 Å². The summed E-state index contributed by atoms with van der Waals surface area (Å²) in [5.41, 5.74) is 4.28. The second-order valence-electron chi connectivity index (χ2n) is 5.26. The van der Waals surface area contributed by atoms with E-state index in [2.05, 4.69) is 4.72 Å². The van der Waals surface area contributed by atoms with Crippen LogP contribution in [0.3, 0.4) is 0 Å². The van der Waals surface area contributed by atoms with Crippen LogP contribution in [-0.2, 0) is 20.4 Å². The summed E-state index contributed by atoms with van der Waals surface area (Å²) in [5.74, 6) is -0.478. The van der Waals surface area contributed by atoms with E-state index in [1.807, 2.05) is 0 Å². The molecule has 0 heterocycles. The van der Waals surface area contributed by atoms with Crippen LogP contribution < -0.4 is 15.2 Å². The fraction of sp³-hybridized carbons (Fsp3) is 0.188. The van der Waals surface area contributed by atoms with Gasteiger partial charge < -0.3 is 10.5 Å². The quantitative estimate of drug-likeness (QED) is 0.814. The Bertz CT molecular complexity index is 856. The molecule has 0 aliphatic carbocycles. The molecule has 0 saturated heterocycles. The van der Waals surface area contributed by atoms with Crippen LogP contribution in [0.25, 0.3) is 0 Å². The van der Waals surface area contributed by atoms with E-state index in [9.17, 15) is 13.2 Å². The summed E-state index contributed by atoms with van der Waals surface area (Å²) < 4.78 is 32.7. The van der Waals surface area contributed by atoms with E-state index in [1.165, 1.54) is 32.2 Å². The van der Waals surface area contributed by atoms with E-state index in [0.29, 0.717) is 11.3 Å². The number of carbonyl (C=O) groups excluding carboxylic acids is 1. The fourth-order valence-corrected chi connectivity index (χ4v) is 3.88. The lowest BCUT2D eigenvalue weighted by atomic mass is 9.93. The first-order valence-corrected chi connectivity index (χ1v) is 8.80. The third-order valence-electron chi connectivity index (χ3n) is 3.62. The number of hydrogen-bond acceptors (Lipinski definition) is 4. The first kappa shape index (κ1) is 18.3. The second kappa shape index (κ2) is 6.80. The molecule has 0 spiro atoms. The van der Waals surface area contributed by atoms with Crippen molar-refractivity contribution in [2.45, 2.75) is 17.4 Å². The highest BCUT2D eigenvalue weighted by Gasteiger charge is 2.38. The minimum atomic E-state index is -4.05. The molecule has 8 heteroatoms. The van der Waals surface area contributed by atoms with Gasteiger partial charge in [0.2, 0.25) is 15.9 Å². The second-order valence-corrected chi connectivity index (χ2v) is 7.35. The standard InChI is InChI=1S/C16H17ClN2O4S/c1-16(15(18)20,11-6-4-3-5-7-11)19-24(21,22)12-8-9-14(23-2)13(17)10-12/h3-10,19H,1-2H3,(H2,18,20). The van der Waals surface area contributed by atoms with Crippen LogP contribution in [0.2, 0.25) is 5.02 Å². The molecule has 1 atom stereocenters. The summed E-state index contributed by atoms with van der Waals surface area (Å²) in [6.07, 6.45) is 0. The Hall–Kier alpha value is -2.09. The van der Waals surface area contributed by atoms with E-state index in [-0.39, 0.29) is 9.92 Å². The lowest BCUT2D eigenvalue weighted by molar-refractivity contribution is -0.123. The normalized spacial score (nSPS) is 14.0. The van der Waals surface area contributed by atoms with Crippen molar-refractivity contribution >= 4 is 27.5 Å². The maximum Gasteiger partial charge on any atom is 0.243 e. The van der Waals surface area contributed by atoms with Crippen molar-refractivity contribution in [3.63, 3.8) is 0 Å². The summed E-state index contributed by atoms with van der Waals surface area (Å²) in [4.78, 5) is 11.8. The van der Waals surface area contributed by atoms with Gasteiger partial charge in [0.05, 0.1) is 17.0 Å². The van der Waals surface area contributed by atoms with Gasteiger partial charge in [-0.25, -0.2) is 8.42 Å². The van der Waals surface area contributed by atoms with Gasteiger partial charge >= 0.3 is 0 Å². The van der Waals surface area contributed by atoms with Crippen LogP contribution >= 0.6 is 11.6 Å². The number of amides is 1. The van der Waals surface area contributed by atoms with Gasteiger partial charge in [-0.2, -0.15) is 4.72 Å². The Morgan fingerprint density at radius 2 is 1.83 bits per heavy atom. The summed E-state index contributed by atoms with van der Waals surface area (Å²) in [7, 11) is -2.63. The molecule has 0 aliphatic rings. The highest BCUT2D eigenvalue weighted by molar-refractivity contribution is 7.89. The zero-order valence-corrected chi connectivity index (χ0v) is 14.7. The molecule has 2 aromatic rings. The Labute approximate surface area is 145 Å². The number of primary amides is 1. The third-order valence-corrected chi connectivity index (χ3v) is 5.46. The third kappa shape index (κ3) is 3.53. The van der Waals surface area contributed by atoms with E-state index in [4.69, 9.17) is 22.1 Å². The maximum absolute atomic E-state index is 12.7. The number of ether oxygens (including phenoxy) is 1. The van der Waals surface area contributed by atoms with Crippen molar-refractivity contribution in [3.05, 3.63) is 59.1 Å². The van der Waals surface area contributed by atoms with Crippen LogP contribution in [0.5, 0.6) is 5.75 Å². The van der Waals surface area contributed by atoms with Gasteiger partial charge in [-0.3, -0.25) is 4.79 Å². The molecule has 0 radical (unpaired) electrons. The Morgan fingerprint density at radius 3 is 2.33 bits per heavy atom. The zero-order valence-electron chi connectivity index (χ0n) is 13.1. The largest absolute Gasteiger partial charge is 0.495 e. The smallest absolute Gasteiger partial charge is 0.243 e. The number of carbonyl (C=O) groups is 1. The summed E-state index contributed by atoms with van der Waals surface area (Å²) in [6.45, 7) is 1.41. The summed E-state index contributed by atoms with van der Waals surface area (Å²) in [6, 6.07) is 12.4. The number of nitrogens with one attached hydrogen (secondary N) is 1. The van der Waals surface area contributed by atoms with Crippen molar-refractivity contribution in [2.24, 2.45) is 5.73 Å². The number of halogens is 1. The van der Waals surface area contributed by atoms with Gasteiger partial charge in [-0.15, -0.1) is 0 Å². The molecule has 1 amide bonds. The molecule has 1 unspecified atom stereocenters. The molecule has 24 heavy (non-hydrogen) atoms. The van der Waals surface area contributed by atoms with Gasteiger partial charge in [-0.1, -0.05) is 41.9 Å². The van der Waals surface area contributed by atoms with E-state index >= 15 is 0 Å². The maximum atomic E-state index is 12.7. The average Bonchev–Trinajstić information content (AvgIpc) is 2.55. The molecule has 0 aliphatic heterocycles. The van der Waals surface area contributed by atoms with Crippen LogP contribution in [0.1, 0.15) is 12.5 Å². The van der Waals surface area contributed by atoms with Crippen LogP contribution in [0.4, 0.5) is 0 Å². The molecule has 0 saturated carbocycles. The molecule has 0 fully saturated rings. The number of methoxy groups -OCH3 is 1. The number of hydrogen-bond donors (Lipinski definition) is 2. The molecule has 6 nitrogen and oxygen atoms in total. The van der Waals surface area contributed by atoms with Gasteiger partial charge in [0.15, 0.2) is 0 Å². The number of rotatable bonds is 6. The Balaban J connectivity index is 2.46. The van der Waals surface area contributed by atoms with Gasteiger partial charge in [-0.05, 0) is 30.7 Å². The van der Waals surface area contributed by atoms with E-state index in [1.54, 1.807) is 30.3 Å². The molecular weight excluding hydrogens is 352 g/mol. The van der Waals surface area contributed by atoms with Gasteiger partial charge in [0.1, 0.15) is 11.3 Å². The molecule has 2 aromatic carbocycles. The monoisotopic (exact) mass is 368 g/mol. The van der Waals surface area contributed by atoms with Crippen molar-refractivity contribution in [2.75, 3.05) is 7.11 Å². The summed E-state index contributed by atoms with van der Waals surface area (Å²) in [5, 5.41) is 0.140. The molecule has 0 bridgehead atoms. The zero-order chi connectivity index (χ0) is 18.0. The first-order chi connectivity index (χ1) is 11.2. The fourth-order valence-electron chi connectivity index (χ4n) is 2.16. The van der Waals surface area contributed by atoms with Crippen LogP contribution in [0.15, 0.2) is 53.4 Å². The van der Waals surface area contributed by atoms with Gasteiger partial charge in [0.25, 0.3) is 0 Å². The van der Waals surface area contributed by atoms with Crippen molar-refractivity contribution < 1.29 is 17.9 Å². The first-order valence-electron chi connectivity index (χ1n) is 6.93. The lowest BCUT2D eigenvalue weighted by Crippen LogP contribution is -2.52. The summed E-state index contributed by atoms with van der Waals surface area (Å²) >= 11 is 5.98. The average molecular weight is 369 g/mol. The van der Waals surface area contributed by atoms with E-state index < -0.39 is 21.5 Å². The number of benzene rings is 2. The topological polar surface area (TPSA) is 98.5 Å². The number of sulfonamides is 1. The Morgan fingerprint density at radius 1 is 1.21 bits per heavy atom. The van der Waals surface area contributed by atoms with Crippen molar-refractivity contribution in [1.29, 1.82) is 0 Å². The Kier molecular flexibility index (Phi) is 5.17. The molecule has 0 aromatic heterocycles. The molecule has 2 rings (SSSR count). The van der Waals surface area contributed by atoms with Crippen molar-refractivity contribution in [1.82, 2.24) is 4.72 Å². The van der Waals surface area contributed by atoms with Gasteiger partial charge in [0, 0.05) is 0 Å². The molecule has 128 valence electrons. The highest BCUT2D eigenvalue weighted by Crippen LogP contribution is 2.29. The van der Waals surface area contributed by atoms with Crippen LogP contribution in [-0.4, -0.2) is 21.4 Å². The highest BCUT2D eigenvalue weighted by atomic mass is 35.5. The number of nitrogens with two attached hydrogens (primary N) is 1. The van der Waals surface area contributed by atoms with Crippen molar-refractivity contribution in [3.8, 4) is 5.75 Å². The predicted octanol–water partition coefficient (Wildman–Crippen LogP) is 2.03. The minimum absolute atomic E-state index is 0.100.